The summed E-state index contributed by atoms with van der Waals surface area (Å²) in [6.07, 6.45) is 0. The lowest BCUT2D eigenvalue weighted by Crippen LogP contribution is -2.36. The van der Waals surface area contributed by atoms with Crippen molar-refractivity contribution in [1.82, 2.24) is 9.88 Å². The van der Waals surface area contributed by atoms with Gasteiger partial charge in [-0.1, -0.05) is 59.6 Å². The molecule has 4 rings (SSSR count). The predicted molar refractivity (Wildman–Crippen MR) is 134 cm³/mol. The Labute approximate surface area is 206 Å². The number of aromatic nitrogens is 1. The molecule has 4 aromatic rings. The van der Waals surface area contributed by atoms with Gasteiger partial charge in [0.25, 0.3) is 11.5 Å². The number of nitrogens with one attached hydrogen (secondary N) is 1. The van der Waals surface area contributed by atoms with Crippen molar-refractivity contribution in [2.45, 2.75) is 20.0 Å². The molecule has 2 N–H and O–H groups in total. The number of aromatic amines is 1. The zero-order valence-electron chi connectivity index (χ0n) is 19.0. The highest BCUT2D eigenvalue weighted by molar-refractivity contribution is 6.32. The van der Waals surface area contributed by atoms with Crippen LogP contribution in [0.1, 0.15) is 27.0 Å². The maximum Gasteiger partial charge on any atom is 0.339 e. The van der Waals surface area contributed by atoms with E-state index in [1.165, 1.54) is 23.1 Å². The van der Waals surface area contributed by atoms with E-state index >= 15 is 0 Å². The van der Waals surface area contributed by atoms with Crippen LogP contribution in [0.2, 0.25) is 5.02 Å². The first kappa shape index (κ1) is 24.0. The summed E-state index contributed by atoms with van der Waals surface area (Å²) >= 11 is 6.13. The second kappa shape index (κ2) is 10.4. The number of carbonyl (C=O) groups excluding carboxylic acids is 1. The van der Waals surface area contributed by atoms with Gasteiger partial charge in [-0.2, -0.15) is 0 Å². The topological polar surface area (TPSA) is 99.7 Å². The third-order valence-electron chi connectivity index (χ3n) is 5.54. The molecule has 3 aromatic carbocycles. The van der Waals surface area contributed by atoms with Crippen molar-refractivity contribution < 1.29 is 19.4 Å². The Bertz CT molecular complexity index is 1450. The molecule has 0 saturated carbocycles. The van der Waals surface area contributed by atoms with E-state index in [0.29, 0.717) is 11.1 Å². The number of carboxylic acid groups (broad SMARTS) is 1. The van der Waals surface area contributed by atoms with Gasteiger partial charge in [-0.25, -0.2) is 4.79 Å². The Morgan fingerprint density at radius 3 is 2.51 bits per heavy atom. The number of carboxylic acids is 1. The van der Waals surface area contributed by atoms with Crippen LogP contribution in [-0.4, -0.2) is 33.5 Å². The number of fused-ring (bicyclic) bond motifs is 1. The molecular formula is C27H23ClN2O5. The van der Waals surface area contributed by atoms with Crippen LogP contribution in [-0.2, 0) is 17.9 Å². The fraction of sp³-hybridized carbons (Fsp3) is 0.148. The van der Waals surface area contributed by atoms with E-state index in [-0.39, 0.29) is 35.0 Å². The molecule has 1 heterocycles. The summed E-state index contributed by atoms with van der Waals surface area (Å²) in [6, 6.07) is 21.2. The Morgan fingerprint density at radius 1 is 1.00 bits per heavy atom. The first-order valence-corrected chi connectivity index (χ1v) is 11.3. The third kappa shape index (κ3) is 5.70. The van der Waals surface area contributed by atoms with Gasteiger partial charge >= 0.3 is 5.97 Å². The number of halogens is 1. The molecule has 7 nitrogen and oxygen atoms in total. The van der Waals surface area contributed by atoms with Crippen molar-refractivity contribution in [3.8, 4) is 5.75 Å². The number of aromatic carboxylic acids is 1. The molecule has 0 saturated heterocycles. The molecule has 0 spiro atoms. The first-order valence-electron chi connectivity index (χ1n) is 10.9. The summed E-state index contributed by atoms with van der Waals surface area (Å²) in [5.74, 6) is -1.71. The fourth-order valence-corrected chi connectivity index (χ4v) is 4.01. The normalized spacial score (nSPS) is 10.8. The minimum atomic E-state index is -1.21. The second-order valence-electron chi connectivity index (χ2n) is 8.16. The number of nitrogens with zero attached hydrogens (tertiary/aromatic N) is 1. The Morgan fingerprint density at radius 2 is 1.77 bits per heavy atom. The SMILES string of the molecule is Cc1ccc2[nH]c(=O)c(CN(Cc3ccccc3)C(=O)COc3c(Cl)cccc3C(=O)O)cc2c1. The van der Waals surface area contributed by atoms with Crippen molar-refractivity contribution in [2.75, 3.05) is 6.61 Å². The number of rotatable bonds is 8. The van der Waals surface area contributed by atoms with Crippen LogP contribution in [0, 0.1) is 6.92 Å². The van der Waals surface area contributed by atoms with Crippen molar-refractivity contribution in [3.05, 3.63) is 110 Å². The average Bonchev–Trinajstić information content (AvgIpc) is 2.83. The lowest BCUT2D eigenvalue weighted by molar-refractivity contribution is -0.134. The zero-order chi connectivity index (χ0) is 24.9. The van der Waals surface area contributed by atoms with Crippen LogP contribution in [0.3, 0.4) is 0 Å². The third-order valence-corrected chi connectivity index (χ3v) is 5.84. The maximum atomic E-state index is 13.2. The number of ether oxygens (including phenoxy) is 1. The maximum absolute atomic E-state index is 13.2. The summed E-state index contributed by atoms with van der Waals surface area (Å²) in [4.78, 5) is 41.9. The molecule has 35 heavy (non-hydrogen) atoms. The van der Waals surface area contributed by atoms with E-state index in [2.05, 4.69) is 4.98 Å². The van der Waals surface area contributed by atoms with E-state index in [4.69, 9.17) is 16.3 Å². The lowest BCUT2D eigenvalue weighted by atomic mass is 10.1. The zero-order valence-corrected chi connectivity index (χ0v) is 19.7. The van der Waals surface area contributed by atoms with E-state index < -0.39 is 18.5 Å². The summed E-state index contributed by atoms with van der Waals surface area (Å²) < 4.78 is 5.57. The highest BCUT2D eigenvalue weighted by Crippen LogP contribution is 2.29. The van der Waals surface area contributed by atoms with Crippen LogP contribution in [0.15, 0.2) is 77.6 Å². The molecule has 0 radical (unpaired) electrons. The standard InChI is InChI=1S/C27H23ClN2O5/c1-17-10-11-23-19(12-17)13-20(26(32)29-23)15-30(14-18-6-3-2-4-7-18)24(31)16-35-25-21(27(33)34)8-5-9-22(25)28/h2-13H,14-16H2,1H3,(H,29,32)(H,33,34). The van der Waals surface area contributed by atoms with E-state index in [1.54, 1.807) is 6.07 Å². The van der Waals surface area contributed by atoms with Gasteiger partial charge in [0.1, 0.15) is 5.56 Å². The molecule has 0 bridgehead atoms. The van der Waals surface area contributed by atoms with Crippen LogP contribution in [0.25, 0.3) is 10.9 Å². The number of hydrogen-bond donors (Lipinski definition) is 2. The highest BCUT2D eigenvalue weighted by Gasteiger charge is 2.20. The van der Waals surface area contributed by atoms with Crippen molar-refractivity contribution >= 4 is 34.4 Å². The lowest BCUT2D eigenvalue weighted by Gasteiger charge is -2.23. The number of hydrogen-bond acceptors (Lipinski definition) is 4. The van der Waals surface area contributed by atoms with Gasteiger partial charge < -0.3 is 19.7 Å². The molecule has 0 aliphatic heterocycles. The monoisotopic (exact) mass is 490 g/mol. The van der Waals surface area contributed by atoms with Crippen LogP contribution < -0.4 is 10.3 Å². The quantitative estimate of drug-likeness (QED) is 0.369. The van der Waals surface area contributed by atoms with E-state index in [1.807, 2.05) is 55.5 Å². The van der Waals surface area contributed by atoms with Gasteiger partial charge in [-0.15, -0.1) is 0 Å². The van der Waals surface area contributed by atoms with Gasteiger partial charge in [0.2, 0.25) is 0 Å². The van der Waals surface area contributed by atoms with Gasteiger partial charge in [-0.05, 0) is 48.2 Å². The predicted octanol–water partition coefficient (Wildman–Crippen LogP) is 4.80. The first-order chi connectivity index (χ1) is 16.8. The molecule has 1 aromatic heterocycles. The van der Waals surface area contributed by atoms with E-state index in [9.17, 15) is 19.5 Å². The summed E-state index contributed by atoms with van der Waals surface area (Å²) in [6.45, 7) is 1.81. The smallest absolute Gasteiger partial charge is 0.339 e. The molecule has 0 fully saturated rings. The summed E-state index contributed by atoms with van der Waals surface area (Å²) in [7, 11) is 0. The second-order valence-corrected chi connectivity index (χ2v) is 8.57. The number of aryl methyl sites for hydroxylation is 1. The van der Waals surface area contributed by atoms with Crippen LogP contribution in [0.5, 0.6) is 5.75 Å². The molecule has 178 valence electrons. The molecular weight excluding hydrogens is 468 g/mol. The van der Waals surface area contributed by atoms with Gasteiger partial charge in [0.05, 0.1) is 11.6 Å². The van der Waals surface area contributed by atoms with E-state index in [0.717, 1.165) is 16.5 Å². The van der Waals surface area contributed by atoms with Gasteiger partial charge in [-0.3, -0.25) is 9.59 Å². The fourth-order valence-electron chi connectivity index (χ4n) is 3.78. The number of carbonyl (C=O) groups is 2. The minimum absolute atomic E-state index is 0.0462. The average molecular weight is 491 g/mol. The molecule has 0 atom stereocenters. The minimum Gasteiger partial charge on any atom is -0.481 e. The summed E-state index contributed by atoms with van der Waals surface area (Å²) in [5.41, 5.74) is 2.64. The number of benzene rings is 3. The molecule has 0 unspecified atom stereocenters. The number of para-hydroxylation sites is 1. The largest absolute Gasteiger partial charge is 0.481 e. The molecule has 8 heteroatoms. The molecule has 0 aliphatic rings. The molecule has 1 amide bonds. The van der Waals surface area contributed by atoms with Crippen LogP contribution >= 0.6 is 11.6 Å². The Balaban J connectivity index is 1.62. The van der Waals surface area contributed by atoms with Gasteiger partial charge in [0, 0.05) is 17.6 Å². The molecule has 0 aliphatic carbocycles. The summed E-state index contributed by atoms with van der Waals surface area (Å²) in [5, 5.41) is 10.4. The van der Waals surface area contributed by atoms with Crippen molar-refractivity contribution in [3.63, 3.8) is 0 Å². The van der Waals surface area contributed by atoms with Crippen molar-refractivity contribution in [2.24, 2.45) is 0 Å². The number of pyridine rings is 1. The Hall–Kier alpha value is -4.10. The highest BCUT2D eigenvalue weighted by atomic mass is 35.5. The van der Waals surface area contributed by atoms with Crippen molar-refractivity contribution in [1.29, 1.82) is 0 Å². The number of H-pyrrole nitrogens is 1. The Kier molecular flexibility index (Phi) is 7.17. The van der Waals surface area contributed by atoms with Crippen LogP contribution in [0.4, 0.5) is 0 Å². The van der Waals surface area contributed by atoms with Gasteiger partial charge in [0.15, 0.2) is 12.4 Å². The number of amides is 1.